The van der Waals surface area contributed by atoms with Crippen LogP contribution in [-0.2, 0) is 10.0 Å². The lowest BCUT2D eigenvalue weighted by atomic mass is 10.2. The first-order valence-electron chi connectivity index (χ1n) is 6.33. The molecule has 1 atom stereocenters. The van der Waals surface area contributed by atoms with Crippen LogP contribution in [0.5, 0.6) is 0 Å². The molecule has 6 heteroatoms. The van der Waals surface area contributed by atoms with E-state index >= 15 is 0 Å². The zero-order valence-electron chi connectivity index (χ0n) is 11.8. The lowest BCUT2D eigenvalue weighted by Gasteiger charge is -2.21. The van der Waals surface area contributed by atoms with E-state index in [4.69, 9.17) is 5.26 Å². The fraction of sp³-hybridized carbons (Fsp3) is 0.429. The van der Waals surface area contributed by atoms with Crippen LogP contribution in [-0.4, -0.2) is 31.6 Å². The summed E-state index contributed by atoms with van der Waals surface area (Å²) >= 11 is 0. The molecule has 108 valence electrons. The minimum Gasteiger partial charge on any atom is -0.295 e. The van der Waals surface area contributed by atoms with Gasteiger partial charge in [-0.2, -0.15) is 9.57 Å². The van der Waals surface area contributed by atoms with Gasteiger partial charge in [0.05, 0.1) is 16.9 Å². The van der Waals surface area contributed by atoms with Crippen LogP contribution >= 0.6 is 0 Å². The minimum atomic E-state index is -3.63. The molecule has 5 nitrogen and oxygen atoms in total. The van der Waals surface area contributed by atoms with Crippen molar-refractivity contribution in [1.82, 2.24) is 4.31 Å². The van der Waals surface area contributed by atoms with Crippen LogP contribution in [0.1, 0.15) is 31.1 Å². The predicted molar refractivity (Wildman–Crippen MR) is 75.7 cm³/mol. The highest BCUT2D eigenvalue weighted by Gasteiger charge is 2.24. The Balaban J connectivity index is 3.08. The molecule has 0 aliphatic heterocycles. The number of benzene rings is 1. The van der Waals surface area contributed by atoms with Gasteiger partial charge < -0.3 is 0 Å². The van der Waals surface area contributed by atoms with E-state index in [-0.39, 0.29) is 23.1 Å². The second-order valence-electron chi connectivity index (χ2n) is 4.57. The summed E-state index contributed by atoms with van der Waals surface area (Å²) < 4.78 is 26.1. The van der Waals surface area contributed by atoms with Crippen LogP contribution in [0.3, 0.4) is 0 Å². The van der Waals surface area contributed by atoms with E-state index in [1.54, 1.807) is 13.8 Å². The van der Waals surface area contributed by atoms with Gasteiger partial charge in [-0.15, -0.1) is 0 Å². The Kier molecular flexibility index (Phi) is 5.43. The van der Waals surface area contributed by atoms with Crippen molar-refractivity contribution in [3.63, 3.8) is 0 Å². The topological polar surface area (TPSA) is 78.2 Å². The molecule has 0 saturated carbocycles. The fourth-order valence-electron chi connectivity index (χ4n) is 1.75. The van der Waals surface area contributed by atoms with Crippen LogP contribution in [0.15, 0.2) is 29.2 Å². The first-order valence-corrected chi connectivity index (χ1v) is 7.77. The monoisotopic (exact) mass is 294 g/mol. The van der Waals surface area contributed by atoms with Crippen molar-refractivity contribution in [2.24, 2.45) is 5.92 Å². The molecule has 20 heavy (non-hydrogen) atoms. The lowest BCUT2D eigenvalue weighted by molar-refractivity contribution is 0.101. The molecule has 0 amide bonds. The number of rotatable bonds is 6. The first-order chi connectivity index (χ1) is 9.32. The molecule has 1 aromatic carbocycles. The summed E-state index contributed by atoms with van der Waals surface area (Å²) in [5.74, 6) is -0.486. The third kappa shape index (κ3) is 3.65. The van der Waals surface area contributed by atoms with E-state index in [1.807, 2.05) is 6.07 Å². The summed E-state index contributed by atoms with van der Waals surface area (Å²) in [6.45, 7) is 5.28. The van der Waals surface area contributed by atoms with Gasteiger partial charge in [0.2, 0.25) is 10.0 Å². The molecule has 0 spiro atoms. The van der Waals surface area contributed by atoms with E-state index in [0.717, 1.165) is 0 Å². The van der Waals surface area contributed by atoms with Crippen LogP contribution in [0.2, 0.25) is 0 Å². The number of hydrogen-bond acceptors (Lipinski definition) is 4. The summed E-state index contributed by atoms with van der Waals surface area (Å²) in [4.78, 5) is 11.3. The molecule has 0 bridgehead atoms. The molecule has 0 radical (unpaired) electrons. The second-order valence-corrected chi connectivity index (χ2v) is 6.50. The number of carbonyl (C=O) groups is 1. The van der Waals surface area contributed by atoms with E-state index < -0.39 is 10.0 Å². The molecule has 0 aromatic heterocycles. The molecule has 0 fully saturated rings. The molecule has 0 N–H and O–H groups in total. The van der Waals surface area contributed by atoms with E-state index in [0.29, 0.717) is 12.1 Å². The SMILES string of the molecule is CCN(CC(C)C#N)S(=O)(=O)c1ccc(C(C)=O)cc1. The Labute approximate surface area is 119 Å². The highest BCUT2D eigenvalue weighted by molar-refractivity contribution is 7.89. The summed E-state index contributed by atoms with van der Waals surface area (Å²) in [7, 11) is -3.63. The molecule has 1 rings (SSSR count). The number of Topliss-reactive ketones (excluding diaryl/α,β-unsaturated/α-hetero) is 1. The molecule has 1 unspecified atom stereocenters. The Hall–Kier alpha value is -1.71. The van der Waals surface area contributed by atoms with E-state index in [2.05, 4.69) is 0 Å². The quantitative estimate of drug-likeness (QED) is 0.752. The summed E-state index contributed by atoms with van der Waals surface area (Å²) in [5, 5.41) is 8.80. The predicted octanol–water partition coefficient (Wildman–Crippen LogP) is 2.06. The van der Waals surface area contributed by atoms with Gasteiger partial charge in [0.15, 0.2) is 5.78 Å². The van der Waals surface area contributed by atoms with Gasteiger partial charge in [-0.25, -0.2) is 8.42 Å². The zero-order chi connectivity index (χ0) is 15.3. The third-order valence-electron chi connectivity index (χ3n) is 2.95. The van der Waals surface area contributed by atoms with Gasteiger partial charge in [-0.1, -0.05) is 19.1 Å². The Bertz CT molecular complexity index is 615. The van der Waals surface area contributed by atoms with Gasteiger partial charge in [-0.3, -0.25) is 4.79 Å². The smallest absolute Gasteiger partial charge is 0.243 e. The van der Waals surface area contributed by atoms with Crippen LogP contribution in [0.4, 0.5) is 0 Å². The first kappa shape index (κ1) is 16.3. The van der Waals surface area contributed by atoms with Crippen molar-refractivity contribution in [1.29, 1.82) is 5.26 Å². The number of hydrogen-bond donors (Lipinski definition) is 0. The van der Waals surface area contributed by atoms with Crippen LogP contribution in [0, 0.1) is 17.2 Å². The Morgan fingerprint density at radius 2 is 1.90 bits per heavy atom. The normalized spacial score (nSPS) is 12.9. The molecular weight excluding hydrogens is 276 g/mol. The van der Waals surface area contributed by atoms with E-state index in [1.165, 1.54) is 35.5 Å². The number of nitriles is 1. The highest BCUT2D eigenvalue weighted by Crippen LogP contribution is 2.17. The lowest BCUT2D eigenvalue weighted by Crippen LogP contribution is -2.34. The van der Waals surface area contributed by atoms with Crippen molar-refractivity contribution in [2.75, 3.05) is 13.1 Å². The summed E-state index contributed by atoms with van der Waals surface area (Å²) in [6, 6.07) is 7.86. The van der Waals surface area contributed by atoms with Gasteiger partial charge in [0.1, 0.15) is 0 Å². The molecule has 0 aliphatic rings. The second kappa shape index (κ2) is 6.64. The minimum absolute atomic E-state index is 0.112. The molecular formula is C14H18N2O3S. The maximum atomic E-state index is 12.4. The zero-order valence-corrected chi connectivity index (χ0v) is 12.6. The van der Waals surface area contributed by atoms with Crippen molar-refractivity contribution in [3.8, 4) is 6.07 Å². The van der Waals surface area contributed by atoms with Crippen molar-refractivity contribution >= 4 is 15.8 Å². The molecule has 0 saturated heterocycles. The fourth-order valence-corrected chi connectivity index (χ4v) is 3.29. The highest BCUT2D eigenvalue weighted by atomic mass is 32.2. The largest absolute Gasteiger partial charge is 0.295 e. The maximum Gasteiger partial charge on any atom is 0.243 e. The van der Waals surface area contributed by atoms with Crippen molar-refractivity contribution in [2.45, 2.75) is 25.7 Å². The standard InChI is InChI=1S/C14H18N2O3S/c1-4-16(10-11(2)9-15)20(18,19)14-7-5-13(6-8-14)12(3)17/h5-8,11H,4,10H2,1-3H3. The number of sulfonamides is 1. The average molecular weight is 294 g/mol. The summed E-state index contributed by atoms with van der Waals surface area (Å²) in [5.41, 5.74) is 0.470. The van der Waals surface area contributed by atoms with Gasteiger partial charge in [-0.05, 0) is 26.0 Å². The van der Waals surface area contributed by atoms with Gasteiger partial charge in [0, 0.05) is 18.7 Å². The Morgan fingerprint density at radius 3 is 2.30 bits per heavy atom. The molecule has 0 heterocycles. The Morgan fingerprint density at radius 1 is 1.35 bits per heavy atom. The van der Waals surface area contributed by atoms with Crippen molar-refractivity contribution < 1.29 is 13.2 Å². The molecule has 0 aliphatic carbocycles. The maximum absolute atomic E-state index is 12.4. The average Bonchev–Trinajstić information content (AvgIpc) is 2.44. The van der Waals surface area contributed by atoms with Gasteiger partial charge >= 0.3 is 0 Å². The van der Waals surface area contributed by atoms with Crippen LogP contribution in [0.25, 0.3) is 0 Å². The summed E-state index contributed by atoms with van der Waals surface area (Å²) in [6.07, 6.45) is 0. The number of ketones is 1. The third-order valence-corrected chi connectivity index (χ3v) is 4.90. The van der Waals surface area contributed by atoms with Crippen molar-refractivity contribution in [3.05, 3.63) is 29.8 Å². The number of nitrogens with zero attached hydrogens (tertiary/aromatic N) is 2. The van der Waals surface area contributed by atoms with Crippen LogP contribution < -0.4 is 0 Å². The van der Waals surface area contributed by atoms with Gasteiger partial charge in [0.25, 0.3) is 0 Å². The van der Waals surface area contributed by atoms with E-state index in [9.17, 15) is 13.2 Å². The molecule has 1 aromatic rings. The number of carbonyl (C=O) groups excluding carboxylic acids is 1.